The highest BCUT2D eigenvalue weighted by atomic mass is 32.2. The fourth-order valence-electron chi connectivity index (χ4n) is 3.98. The summed E-state index contributed by atoms with van der Waals surface area (Å²) in [4.78, 5) is 38.0. The van der Waals surface area contributed by atoms with Gasteiger partial charge in [0.2, 0.25) is 15.9 Å². The number of carbonyl (C=O) groups is 3. The third-order valence-electron chi connectivity index (χ3n) is 5.68. The van der Waals surface area contributed by atoms with E-state index < -0.39 is 22.0 Å². The summed E-state index contributed by atoms with van der Waals surface area (Å²) in [5.74, 6) is -1.40. The van der Waals surface area contributed by atoms with Gasteiger partial charge in [0.25, 0.3) is 0 Å². The summed E-state index contributed by atoms with van der Waals surface area (Å²) in [5, 5.41) is 0. The number of methoxy groups -OCH3 is 2. The number of amides is 1. The predicted molar refractivity (Wildman–Crippen MR) is 106 cm³/mol. The molecule has 1 heterocycles. The number of piperazine rings is 1. The molecule has 1 amide bonds. The molecular formula is C20H26N2O7S. The average molecular weight is 439 g/mol. The molecule has 0 atom stereocenters. The zero-order valence-corrected chi connectivity index (χ0v) is 17.9. The largest absolute Gasteiger partial charge is 0.465 e. The molecule has 2 aliphatic rings. The standard InChI is InChI=1S/C20H26N2O7S/c1-28-19(24)15-7-8-16(20(25)29-2)17(13-15)30(26,27)22-11-9-21(10-12-22)18(23)14-5-3-4-6-14/h7-8,13-14H,3-6,9-12H2,1-2H3. The Labute approximate surface area is 176 Å². The molecule has 30 heavy (non-hydrogen) atoms. The van der Waals surface area contributed by atoms with Gasteiger partial charge in [0, 0.05) is 32.1 Å². The lowest BCUT2D eigenvalue weighted by Gasteiger charge is -2.35. The van der Waals surface area contributed by atoms with E-state index in [0.717, 1.165) is 38.9 Å². The Balaban J connectivity index is 1.83. The fourth-order valence-corrected chi connectivity index (χ4v) is 5.61. The van der Waals surface area contributed by atoms with Crippen LogP contribution >= 0.6 is 0 Å². The molecule has 9 nitrogen and oxygen atoms in total. The van der Waals surface area contributed by atoms with E-state index >= 15 is 0 Å². The van der Waals surface area contributed by atoms with Gasteiger partial charge in [-0.15, -0.1) is 0 Å². The maximum Gasteiger partial charge on any atom is 0.339 e. The van der Waals surface area contributed by atoms with Crippen molar-refractivity contribution in [2.24, 2.45) is 5.92 Å². The highest BCUT2D eigenvalue weighted by Crippen LogP contribution is 2.28. The number of nitrogens with zero attached hydrogens (tertiary/aromatic N) is 2. The van der Waals surface area contributed by atoms with Crippen LogP contribution in [-0.4, -0.2) is 75.9 Å². The van der Waals surface area contributed by atoms with Crippen LogP contribution in [0.2, 0.25) is 0 Å². The molecule has 1 aromatic carbocycles. The summed E-state index contributed by atoms with van der Waals surface area (Å²) in [6, 6.07) is 3.68. The number of ether oxygens (including phenoxy) is 2. The van der Waals surface area contributed by atoms with Crippen molar-refractivity contribution in [3.8, 4) is 0 Å². The highest BCUT2D eigenvalue weighted by Gasteiger charge is 2.35. The Hall–Kier alpha value is -2.46. The maximum absolute atomic E-state index is 13.3. The van der Waals surface area contributed by atoms with Crippen molar-refractivity contribution in [1.29, 1.82) is 0 Å². The number of carbonyl (C=O) groups excluding carboxylic acids is 3. The summed E-state index contributed by atoms with van der Waals surface area (Å²) in [6.07, 6.45) is 3.88. The Bertz CT molecular complexity index is 930. The number of esters is 2. The number of hydrogen-bond donors (Lipinski definition) is 0. The smallest absolute Gasteiger partial charge is 0.339 e. The molecule has 1 aliphatic carbocycles. The van der Waals surface area contributed by atoms with Gasteiger partial charge in [-0.2, -0.15) is 4.31 Å². The molecule has 1 saturated heterocycles. The van der Waals surface area contributed by atoms with E-state index in [4.69, 9.17) is 4.74 Å². The van der Waals surface area contributed by atoms with Gasteiger partial charge < -0.3 is 14.4 Å². The van der Waals surface area contributed by atoms with Gasteiger partial charge in [-0.1, -0.05) is 12.8 Å². The molecule has 2 fully saturated rings. The molecule has 1 aliphatic heterocycles. The minimum atomic E-state index is -4.09. The van der Waals surface area contributed by atoms with Crippen LogP contribution < -0.4 is 0 Å². The van der Waals surface area contributed by atoms with Crippen molar-refractivity contribution >= 4 is 27.9 Å². The molecule has 3 rings (SSSR count). The van der Waals surface area contributed by atoms with Gasteiger partial charge >= 0.3 is 11.9 Å². The van der Waals surface area contributed by atoms with E-state index in [-0.39, 0.29) is 40.9 Å². The van der Waals surface area contributed by atoms with E-state index in [0.29, 0.717) is 13.1 Å². The summed E-state index contributed by atoms with van der Waals surface area (Å²) >= 11 is 0. The van der Waals surface area contributed by atoms with Crippen LogP contribution in [-0.2, 0) is 24.3 Å². The zero-order valence-electron chi connectivity index (χ0n) is 17.1. The Morgan fingerprint density at radius 1 is 0.933 bits per heavy atom. The van der Waals surface area contributed by atoms with Gasteiger partial charge in [-0.3, -0.25) is 4.79 Å². The van der Waals surface area contributed by atoms with Crippen LogP contribution in [0.15, 0.2) is 23.1 Å². The van der Waals surface area contributed by atoms with E-state index in [2.05, 4.69) is 4.74 Å². The number of rotatable bonds is 5. The van der Waals surface area contributed by atoms with E-state index in [9.17, 15) is 22.8 Å². The first-order valence-corrected chi connectivity index (χ1v) is 11.3. The van der Waals surface area contributed by atoms with Crippen molar-refractivity contribution in [2.75, 3.05) is 40.4 Å². The van der Waals surface area contributed by atoms with Crippen LogP contribution in [0.5, 0.6) is 0 Å². The predicted octanol–water partition coefficient (Wildman–Crippen LogP) is 1.28. The molecule has 0 bridgehead atoms. The van der Waals surface area contributed by atoms with Crippen molar-refractivity contribution in [2.45, 2.75) is 30.6 Å². The van der Waals surface area contributed by atoms with Crippen LogP contribution in [0.4, 0.5) is 0 Å². The zero-order chi connectivity index (χ0) is 21.9. The Kier molecular flexibility index (Phi) is 6.77. The van der Waals surface area contributed by atoms with Gasteiger partial charge in [0.05, 0.1) is 30.2 Å². The average Bonchev–Trinajstić information content (AvgIpc) is 3.32. The van der Waals surface area contributed by atoms with Crippen LogP contribution in [0.25, 0.3) is 0 Å². The molecule has 0 spiro atoms. The molecule has 1 saturated carbocycles. The highest BCUT2D eigenvalue weighted by molar-refractivity contribution is 7.89. The van der Waals surface area contributed by atoms with Gasteiger partial charge in [-0.25, -0.2) is 18.0 Å². The van der Waals surface area contributed by atoms with Crippen molar-refractivity contribution < 1.29 is 32.3 Å². The number of benzene rings is 1. The summed E-state index contributed by atoms with van der Waals surface area (Å²) < 4.78 is 37.2. The van der Waals surface area contributed by atoms with E-state index in [1.807, 2.05) is 0 Å². The lowest BCUT2D eigenvalue weighted by Crippen LogP contribution is -2.51. The SMILES string of the molecule is COC(=O)c1ccc(C(=O)OC)c(S(=O)(=O)N2CCN(C(=O)C3CCCC3)CC2)c1. The van der Waals surface area contributed by atoms with Crippen LogP contribution in [0.1, 0.15) is 46.4 Å². The van der Waals surface area contributed by atoms with Crippen LogP contribution in [0.3, 0.4) is 0 Å². The number of sulfonamides is 1. The first-order chi connectivity index (χ1) is 14.3. The van der Waals surface area contributed by atoms with Gasteiger partial charge in [0.15, 0.2) is 0 Å². The summed E-state index contributed by atoms with van der Waals surface area (Å²) in [7, 11) is -1.75. The van der Waals surface area contributed by atoms with Crippen molar-refractivity contribution in [3.05, 3.63) is 29.3 Å². The second kappa shape index (κ2) is 9.13. The molecule has 0 unspecified atom stereocenters. The normalized spacial score (nSPS) is 18.3. The molecular weight excluding hydrogens is 412 g/mol. The molecule has 164 valence electrons. The van der Waals surface area contributed by atoms with Gasteiger partial charge in [-0.05, 0) is 31.0 Å². The van der Waals surface area contributed by atoms with E-state index in [1.54, 1.807) is 4.90 Å². The molecule has 0 N–H and O–H groups in total. The maximum atomic E-state index is 13.3. The molecule has 10 heteroatoms. The first-order valence-electron chi connectivity index (χ1n) is 9.89. The Morgan fingerprint density at radius 2 is 1.53 bits per heavy atom. The van der Waals surface area contributed by atoms with Gasteiger partial charge in [0.1, 0.15) is 0 Å². The fraction of sp³-hybridized carbons (Fsp3) is 0.550. The quantitative estimate of drug-likeness (QED) is 0.637. The second-order valence-corrected chi connectivity index (χ2v) is 9.31. The minimum absolute atomic E-state index is 0.0128. The van der Waals surface area contributed by atoms with Crippen molar-refractivity contribution in [1.82, 2.24) is 9.21 Å². The third kappa shape index (κ3) is 4.34. The Morgan fingerprint density at radius 3 is 2.10 bits per heavy atom. The monoisotopic (exact) mass is 438 g/mol. The first kappa shape index (κ1) is 22.2. The summed E-state index contributed by atoms with van der Waals surface area (Å²) in [6.45, 7) is 0.811. The van der Waals surface area contributed by atoms with Crippen LogP contribution in [0, 0.1) is 5.92 Å². The lowest BCUT2D eigenvalue weighted by molar-refractivity contribution is -0.136. The minimum Gasteiger partial charge on any atom is -0.465 e. The van der Waals surface area contributed by atoms with Crippen molar-refractivity contribution in [3.63, 3.8) is 0 Å². The lowest BCUT2D eigenvalue weighted by atomic mass is 10.1. The third-order valence-corrected chi connectivity index (χ3v) is 7.62. The number of hydrogen-bond acceptors (Lipinski definition) is 7. The van der Waals surface area contributed by atoms with E-state index in [1.165, 1.54) is 23.5 Å². The summed E-state index contributed by atoms with van der Waals surface area (Å²) in [5.41, 5.74) is -0.145. The second-order valence-electron chi connectivity index (χ2n) is 7.40. The molecule has 1 aromatic rings. The topological polar surface area (TPSA) is 110 Å². The molecule has 0 radical (unpaired) electrons. The molecule has 0 aromatic heterocycles.